The summed E-state index contributed by atoms with van der Waals surface area (Å²) in [6.07, 6.45) is 0. The van der Waals surface area contributed by atoms with E-state index in [1.807, 2.05) is 0 Å². The van der Waals surface area contributed by atoms with E-state index in [1.54, 1.807) is 21.3 Å². The molecule has 1 aliphatic rings. The summed E-state index contributed by atoms with van der Waals surface area (Å²) in [5.74, 6) is 0. The van der Waals surface area contributed by atoms with Gasteiger partial charge in [-0.2, -0.15) is 0 Å². The van der Waals surface area contributed by atoms with Gasteiger partial charge in [0.05, 0.1) is 0 Å². The standard InChI is InChI=1S/C12H30N2O3Si2/c1-15-19(16-2,17-3)12-11-13-7-9-14(10-8-13)18(4,5)6/h7-12H2,1-6H3. The molecule has 0 aromatic rings. The Bertz CT molecular complexity index is 254. The minimum atomic E-state index is -2.40. The summed E-state index contributed by atoms with van der Waals surface area (Å²) in [4.78, 5) is 2.50. The molecular formula is C12H30N2O3Si2. The molecule has 0 aromatic heterocycles. The Morgan fingerprint density at radius 1 is 0.842 bits per heavy atom. The summed E-state index contributed by atoms with van der Waals surface area (Å²) in [6, 6.07) is 0.865. The van der Waals surface area contributed by atoms with Crippen molar-refractivity contribution in [3.63, 3.8) is 0 Å². The van der Waals surface area contributed by atoms with E-state index in [9.17, 15) is 0 Å². The van der Waals surface area contributed by atoms with Crippen molar-refractivity contribution in [2.45, 2.75) is 25.7 Å². The van der Waals surface area contributed by atoms with Crippen molar-refractivity contribution >= 4 is 17.0 Å². The number of hydrogen-bond acceptors (Lipinski definition) is 5. The molecule has 0 amide bonds. The summed E-state index contributed by atoms with van der Waals surface area (Å²) in [5.41, 5.74) is 0. The maximum atomic E-state index is 5.47. The molecule has 1 saturated heterocycles. The molecule has 0 bridgehead atoms. The summed E-state index contributed by atoms with van der Waals surface area (Å²) in [5, 5.41) is 0. The van der Waals surface area contributed by atoms with E-state index >= 15 is 0 Å². The van der Waals surface area contributed by atoms with Crippen molar-refractivity contribution in [2.24, 2.45) is 0 Å². The van der Waals surface area contributed by atoms with E-state index in [1.165, 1.54) is 13.1 Å². The SMILES string of the molecule is CO[Si](CCN1CCN([Si](C)(C)C)CC1)(OC)OC. The summed E-state index contributed by atoms with van der Waals surface area (Å²) < 4.78 is 19.1. The van der Waals surface area contributed by atoms with Crippen molar-refractivity contribution in [2.75, 3.05) is 54.1 Å². The van der Waals surface area contributed by atoms with E-state index in [0.29, 0.717) is 0 Å². The lowest BCUT2D eigenvalue weighted by Gasteiger charge is -2.41. The molecule has 0 saturated carbocycles. The molecule has 114 valence electrons. The first-order valence-corrected chi connectivity index (χ1v) is 12.4. The monoisotopic (exact) mass is 306 g/mol. The van der Waals surface area contributed by atoms with E-state index in [2.05, 4.69) is 29.1 Å². The Hall–Kier alpha value is 0.234. The van der Waals surface area contributed by atoms with Gasteiger partial charge in [-0.25, -0.2) is 0 Å². The average Bonchev–Trinajstić information content (AvgIpc) is 2.40. The highest BCUT2D eigenvalue weighted by Crippen LogP contribution is 2.16. The molecular weight excluding hydrogens is 276 g/mol. The largest absolute Gasteiger partial charge is 0.501 e. The third-order valence-corrected chi connectivity index (χ3v) is 9.03. The van der Waals surface area contributed by atoms with Crippen molar-refractivity contribution in [3.8, 4) is 0 Å². The summed E-state index contributed by atoms with van der Waals surface area (Å²) in [7, 11) is 1.52. The Balaban J connectivity index is 2.37. The predicted molar refractivity (Wildman–Crippen MR) is 82.9 cm³/mol. The lowest BCUT2D eigenvalue weighted by molar-refractivity contribution is 0.114. The van der Waals surface area contributed by atoms with Crippen LogP contribution >= 0.6 is 0 Å². The molecule has 0 spiro atoms. The quantitative estimate of drug-likeness (QED) is 0.663. The highest BCUT2D eigenvalue weighted by atomic mass is 28.4. The minimum absolute atomic E-state index is 0.865. The molecule has 0 aliphatic carbocycles. The molecule has 0 unspecified atom stereocenters. The van der Waals surface area contributed by atoms with Gasteiger partial charge in [0.25, 0.3) is 0 Å². The van der Waals surface area contributed by atoms with Gasteiger partial charge >= 0.3 is 8.80 Å². The van der Waals surface area contributed by atoms with Crippen molar-refractivity contribution < 1.29 is 13.3 Å². The molecule has 0 radical (unpaired) electrons. The molecule has 0 aromatic carbocycles. The zero-order chi connectivity index (χ0) is 14.5. The zero-order valence-electron chi connectivity index (χ0n) is 13.4. The molecule has 7 heteroatoms. The highest BCUT2D eigenvalue weighted by Gasteiger charge is 2.38. The van der Waals surface area contributed by atoms with E-state index < -0.39 is 17.0 Å². The smallest absolute Gasteiger partial charge is 0.377 e. The second kappa shape index (κ2) is 7.30. The first-order chi connectivity index (χ1) is 8.87. The van der Waals surface area contributed by atoms with Gasteiger partial charge in [0.1, 0.15) is 8.24 Å². The van der Waals surface area contributed by atoms with Gasteiger partial charge in [-0.15, -0.1) is 0 Å². The fourth-order valence-electron chi connectivity index (χ4n) is 2.49. The van der Waals surface area contributed by atoms with Gasteiger partial charge < -0.3 is 22.7 Å². The van der Waals surface area contributed by atoms with Gasteiger partial charge in [0, 0.05) is 60.1 Å². The molecule has 1 fully saturated rings. The van der Waals surface area contributed by atoms with Gasteiger partial charge in [-0.05, 0) is 0 Å². The number of hydrogen-bond donors (Lipinski definition) is 0. The Kier molecular flexibility index (Phi) is 6.64. The van der Waals surface area contributed by atoms with Crippen molar-refractivity contribution in [1.82, 2.24) is 9.47 Å². The normalized spacial score (nSPS) is 19.9. The fourth-order valence-corrected chi connectivity index (χ4v) is 5.74. The molecule has 1 heterocycles. The topological polar surface area (TPSA) is 34.2 Å². The Morgan fingerprint density at radius 2 is 1.32 bits per heavy atom. The van der Waals surface area contributed by atoms with Gasteiger partial charge in [0.2, 0.25) is 0 Å². The predicted octanol–water partition coefficient (Wildman–Crippen LogP) is 1.32. The van der Waals surface area contributed by atoms with Crippen LogP contribution < -0.4 is 0 Å². The second-order valence-corrected chi connectivity index (χ2v) is 14.1. The average molecular weight is 307 g/mol. The van der Waals surface area contributed by atoms with Crippen LogP contribution in [0, 0.1) is 0 Å². The highest BCUT2D eigenvalue weighted by molar-refractivity contribution is 6.73. The molecule has 1 rings (SSSR count). The van der Waals surface area contributed by atoms with E-state index in [0.717, 1.165) is 25.7 Å². The third-order valence-electron chi connectivity index (χ3n) is 3.99. The first-order valence-electron chi connectivity index (χ1n) is 7.00. The molecule has 0 atom stereocenters. The van der Waals surface area contributed by atoms with E-state index in [-0.39, 0.29) is 0 Å². The van der Waals surface area contributed by atoms with Crippen LogP contribution in [0.4, 0.5) is 0 Å². The maximum Gasteiger partial charge on any atom is 0.501 e. The van der Waals surface area contributed by atoms with Crippen LogP contribution in [-0.4, -0.2) is 80.6 Å². The van der Waals surface area contributed by atoms with Gasteiger partial charge in [-0.3, -0.25) is 0 Å². The van der Waals surface area contributed by atoms with Crippen LogP contribution in [0.1, 0.15) is 0 Å². The van der Waals surface area contributed by atoms with Crippen LogP contribution in [0.2, 0.25) is 25.7 Å². The van der Waals surface area contributed by atoms with Crippen LogP contribution in [0.5, 0.6) is 0 Å². The van der Waals surface area contributed by atoms with Crippen molar-refractivity contribution in [3.05, 3.63) is 0 Å². The summed E-state index contributed by atoms with van der Waals surface area (Å²) in [6.45, 7) is 12.9. The van der Waals surface area contributed by atoms with Gasteiger partial charge in [-0.1, -0.05) is 19.6 Å². The molecule has 5 nitrogen and oxygen atoms in total. The summed E-state index contributed by atoms with van der Waals surface area (Å²) >= 11 is 0. The van der Waals surface area contributed by atoms with Crippen LogP contribution in [0.25, 0.3) is 0 Å². The van der Waals surface area contributed by atoms with Crippen LogP contribution in [0.3, 0.4) is 0 Å². The van der Waals surface area contributed by atoms with Crippen molar-refractivity contribution in [1.29, 1.82) is 0 Å². The maximum absolute atomic E-state index is 5.47. The van der Waals surface area contributed by atoms with Crippen LogP contribution in [-0.2, 0) is 13.3 Å². The Morgan fingerprint density at radius 3 is 1.68 bits per heavy atom. The number of piperazine rings is 1. The number of rotatable bonds is 7. The molecule has 19 heavy (non-hydrogen) atoms. The molecule has 0 N–H and O–H groups in total. The second-order valence-electron chi connectivity index (χ2n) is 6.04. The lowest BCUT2D eigenvalue weighted by Crippen LogP contribution is -2.56. The zero-order valence-corrected chi connectivity index (χ0v) is 15.4. The minimum Gasteiger partial charge on any atom is -0.377 e. The van der Waals surface area contributed by atoms with Crippen LogP contribution in [0.15, 0.2) is 0 Å². The third kappa shape index (κ3) is 4.93. The number of nitrogens with zero attached hydrogens (tertiary/aromatic N) is 2. The Labute approximate surface area is 120 Å². The fraction of sp³-hybridized carbons (Fsp3) is 1.00. The van der Waals surface area contributed by atoms with E-state index in [4.69, 9.17) is 13.3 Å². The molecule has 1 aliphatic heterocycles. The lowest BCUT2D eigenvalue weighted by atomic mass is 10.4. The van der Waals surface area contributed by atoms with Gasteiger partial charge in [0.15, 0.2) is 0 Å². The first kappa shape index (κ1) is 17.3.